The number of nitrogens with one attached hydrogen (secondary N) is 1. The van der Waals surface area contributed by atoms with Crippen LogP contribution in [0.25, 0.3) is 0 Å². The normalized spacial score (nSPS) is 26.0. The summed E-state index contributed by atoms with van der Waals surface area (Å²) in [6.45, 7) is 0. The molecule has 21 heavy (non-hydrogen) atoms. The van der Waals surface area contributed by atoms with Crippen LogP contribution >= 0.6 is 7.60 Å². The Morgan fingerprint density at radius 3 is 2.86 bits per heavy atom. The predicted molar refractivity (Wildman–Crippen MR) is 73.4 cm³/mol. The largest absolute Gasteiger partial charge is 0.348 e. The van der Waals surface area contributed by atoms with Gasteiger partial charge < -0.3 is 14.5 Å². The summed E-state index contributed by atoms with van der Waals surface area (Å²) in [7, 11) is -4.35. The monoisotopic (exact) mass is 312 g/mol. The quantitative estimate of drug-likeness (QED) is 0.529. The van der Waals surface area contributed by atoms with Gasteiger partial charge >= 0.3 is 13.3 Å². The minimum atomic E-state index is -4.35. The first-order valence-corrected chi connectivity index (χ1v) is 7.65. The van der Waals surface area contributed by atoms with E-state index in [1.807, 2.05) is 0 Å². The molecule has 2 atom stereocenters. The lowest BCUT2D eigenvalue weighted by molar-refractivity contribution is -0.0140. The van der Waals surface area contributed by atoms with E-state index in [1.54, 1.807) is 0 Å². The molecule has 9 heteroatoms. The van der Waals surface area contributed by atoms with E-state index in [-0.39, 0.29) is 6.42 Å². The summed E-state index contributed by atoms with van der Waals surface area (Å²) in [6.07, 6.45) is 7.72. The van der Waals surface area contributed by atoms with Gasteiger partial charge in [-0.15, -0.1) is 6.42 Å². The van der Waals surface area contributed by atoms with Crippen molar-refractivity contribution in [3.8, 4) is 12.3 Å². The Hall–Kier alpha value is -1.91. The van der Waals surface area contributed by atoms with Crippen LogP contribution in [0.3, 0.4) is 0 Å². The molecule has 2 heterocycles. The van der Waals surface area contributed by atoms with E-state index in [1.165, 1.54) is 16.8 Å². The second-order valence-corrected chi connectivity index (χ2v) is 6.04. The molecule has 112 valence electrons. The Morgan fingerprint density at radius 2 is 2.29 bits per heavy atom. The van der Waals surface area contributed by atoms with Gasteiger partial charge in [-0.3, -0.25) is 18.9 Å². The van der Waals surface area contributed by atoms with Crippen LogP contribution in [0, 0.1) is 12.3 Å². The molecule has 0 saturated carbocycles. The van der Waals surface area contributed by atoms with E-state index in [9.17, 15) is 14.2 Å². The Bertz CT molecular complexity index is 767. The number of terminal acetylenes is 1. The molecule has 1 aliphatic rings. The minimum Gasteiger partial charge on any atom is -0.335 e. The summed E-state index contributed by atoms with van der Waals surface area (Å²) in [4.78, 5) is 42.5. The molecule has 8 nitrogen and oxygen atoms in total. The zero-order chi connectivity index (χ0) is 15.7. The molecule has 1 fully saturated rings. The van der Waals surface area contributed by atoms with Crippen LogP contribution in [0.5, 0.6) is 0 Å². The smallest absolute Gasteiger partial charge is 0.335 e. The molecule has 0 aliphatic carbocycles. The highest BCUT2D eigenvalue weighted by molar-refractivity contribution is 7.55. The minimum absolute atomic E-state index is 0.288. The van der Waals surface area contributed by atoms with E-state index >= 15 is 0 Å². The Labute approximate surface area is 119 Å². The number of rotatable bonds is 3. The summed E-state index contributed by atoms with van der Waals surface area (Å²) in [5.74, 6) is 3.03. The molecule has 0 spiro atoms. The second kappa shape index (κ2) is 5.47. The maximum atomic E-state index is 11.7. The molecule has 1 aromatic heterocycles. The van der Waals surface area contributed by atoms with Gasteiger partial charge in [0.25, 0.3) is 5.56 Å². The molecule has 1 aliphatic heterocycles. The zero-order valence-corrected chi connectivity index (χ0v) is 11.7. The van der Waals surface area contributed by atoms with Crippen molar-refractivity contribution in [2.45, 2.75) is 24.7 Å². The summed E-state index contributed by atoms with van der Waals surface area (Å²) >= 11 is 0. The Morgan fingerprint density at radius 1 is 1.57 bits per heavy atom. The van der Waals surface area contributed by atoms with Gasteiger partial charge in [-0.25, -0.2) is 4.79 Å². The summed E-state index contributed by atoms with van der Waals surface area (Å²) in [5, 5.41) is 0. The SMILES string of the molecule is C#CC1(/C=C/P(=O)(O)O)CCC(n2ccc(=O)[nH]c2=O)O1. The Balaban J connectivity index is 2.28. The van der Waals surface area contributed by atoms with Crippen LogP contribution in [0.15, 0.2) is 33.7 Å². The first-order valence-electron chi connectivity index (χ1n) is 5.97. The molecular formula is C12H13N2O6P. The topological polar surface area (TPSA) is 122 Å². The molecular weight excluding hydrogens is 299 g/mol. The number of nitrogens with zero attached hydrogens (tertiary/aromatic N) is 1. The molecule has 0 bridgehead atoms. The first kappa shape index (κ1) is 15.5. The number of aromatic nitrogens is 2. The number of ether oxygens (including phenoxy) is 1. The summed E-state index contributed by atoms with van der Waals surface area (Å²) in [5.41, 5.74) is -2.46. The van der Waals surface area contributed by atoms with Gasteiger partial charge in [0.1, 0.15) is 11.8 Å². The van der Waals surface area contributed by atoms with Crippen molar-refractivity contribution in [1.82, 2.24) is 9.55 Å². The molecule has 1 aromatic rings. The highest BCUT2D eigenvalue weighted by Crippen LogP contribution is 2.41. The lowest BCUT2D eigenvalue weighted by atomic mass is 10.0. The van der Waals surface area contributed by atoms with Crippen molar-refractivity contribution >= 4 is 7.60 Å². The lowest BCUT2D eigenvalue weighted by Crippen LogP contribution is -2.33. The standard InChI is InChI=1S/C12H13N2O6P/c1-2-12(6-8-21(17,18)19)5-3-10(20-12)14-7-4-9(15)13-11(14)16/h1,4,6-8,10H,3,5H2,(H,13,15,16)(H2,17,18,19)/b8-6+. The van der Waals surface area contributed by atoms with Gasteiger partial charge in [0, 0.05) is 18.1 Å². The lowest BCUT2D eigenvalue weighted by Gasteiger charge is -2.20. The average Bonchev–Trinajstić information content (AvgIpc) is 2.81. The Kier molecular flexibility index (Phi) is 4.03. The van der Waals surface area contributed by atoms with Crippen LogP contribution in [-0.2, 0) is 9.30 Å². The molecule has 2 unspecified atom stereocenters. The zero-order valence-electron chi connectivity index (χ0n) is 10.8. The van der Waals surface area contributed by atoms with Gasteiger partial charge in [0.15, 0.2) is 0 Å². The number of H-pyrrole nitrogens is 1. The third kappa shape index (κ3) is 3.60. The number of aromatic amines is 1. The predicted octanol–water partition coefficient (Wildman–Crippen LogP) is -0.0910. The third-order valence-electron chi connectivity index (χ3n) is 3.05. The van der Waals surface area contributed by atoms with Crippen molar-refractivity contribution in [3.05, 3.63) is 45.0 Å². The maximum absolute atomic E-state index is 11.7. The van der Waals surface area contributed by atoms with Gasteiger partial charge in [0.05, 0.1) is 0 Å². The van der Waals surface area contributed by atoms with E-state index in [2.05, 4.69) is 10.9 Å². The molecule has 3 N–H and O–H groups in total. The van der Waals surface area contributed by atoms with Gasteiger partial charge in [-0.2, -0.15) is 0 Å². The fraction of sp³-hybridized carbons (Fsp3) is 0.333. The number of hydrogen-bond acceptors (Lipinski definition) is 4. The van der Waals surface area contributed by atoms with Gasteiger partial charge in [0.2, 0.25) is 0 Å². The highest BCUT2D eigenvalue weighted by atomic mass is 31.2. The van der Waals surface area contributed by atoms with Crippen molar-refractivity contribution in [2.75, 3.05) is 0 Å². The second-order valence-electron chi connectivity index (χ2n) is 4.57. The van der Waals surface area contributed by atoms with Crippen molar-refractivity contribution in [1.29, 1.82) is 0 Å². The van der Waals surface area contributed by atoms with Crippen LogP contribution in [0.2, 0.25) is 0 Å². The number of hydrogen-bond donors (Lipinski definition) is 3. The van der Waals surface area contributed by atoms with Crippen LogP contribution in [0.4, 0.5) is 0 Å². The van der Waals surface area contributed by atoms with Crippen molar-refractivity contribution in [2.24, 2.45) is 0 Å². The van der Waals surface area contributed by atoms with Gasteiger partial charge in [-0.1, -0.05) is 5.92 Å². The summed E-state index contributed by atoms with van der Waals surface area (Å²) in [6, 6.07) is 1.17. The van der Waals surface area contributed by atoms with E-state index < -0.39 is 30.7 Å². The van der Waals surface area contributed by atoms with Crippen LogP contribution < -0.4 is 11.2 Å². The van der Waals surface area contributed by atoms with E-state index in [0.29, 0.717) is 12.2 Å². The molecule has 0 aromatic carbocycles. The average molecular weight is 312 g/mol. The van der Waals surface area contributed by atoms with Crippen molar-refractivity contribution < 1.29 is 19.1 Å². The molecule has 0 radical (unpaired) electrons. The maximum Gasteiger partial charge on any atom is 0.348 e. The molecule has 0 amide bonds. The van der Waals surface area contributed by atoms with Crippen molar-refractivity contribution in [3.63, 3.8) is 0 Å². The van der Waals surface area contributed by atoms with Crippen LogP contribution in [-0.4, -0.2) is 24.9 Å². The first-order chi connectivity index (χ1) is 9.75. The molecule has 2 rings (SSSR count). The summed E-state index contributed by atoms with van der Waals surface area (Å²) < 4.78 is 17.6. The highest BCUT2D eigenvalue weighted by Gasteiger charge is 2.38. The fourth-order valence-corrected chi connectivity index (χ4v) is 2.48. The van der Waals surface area contributed by atoms with E-state index in [4.69, 9.17) is 20.9 Å². The van der Waals surface area contributed by atoms with E-state index in [0.717, 1.165) is 6.08 Å². The fourth-order valence-electron chi connectivity index (χ4n) is 2.04. The molecule has 1 saturated heterocycles. The van der Waals surface area contributed by atoms with Crippen LogP contribution in [0.1, 0.15) is 19.1 Å². The van der Waals surface area contributed by atoms with Gasteiger partial charge in [-0.05, 0) is 18.9 Å². The third-order valence-corrected chi connectivity index (χ3v) is 3.59.